The summed E-state index contributed by atoms with van der Waals surface area (Å²) in [6.45, 7) is 2.99. The number of aromatic nitrogens is 2. The molecular formula is C13H17F2N3O3. The number of aromatic amines is 1. The smallest absolute Gasteiger partial charge is 0.369 e. The highest BCUT2D eigenvalue weighted by atomic mass is 19.3. The lowest BCUT2D eigenvalue weighted by atomic mass is 9.99. The minimum absolute atomic E-state index is 0.0391. The lowest BCUT2D eigenvalue weighted by molar-refractivity contribution is -0.263. The summed E-state index contributed by atoms with van der Waals surface area (Å²) >= 11 is 0. The van der Waals surface area contributed by atoms with Crippen LogP contribution in [0.3, 0.4) is 0 Å². The molecule has 0 bridgehead atoms. The van der Waals surface area contributed by atoms with E-state index in [9.17, 15) is 13.6 Å². The monoisotopic (exact) mass is 301 g/mol. The fourth-order valence-corrected chi connectivity index (χ4v) is 2.83. The number of hydrogen-bond acceptors (Lipinski definition) is 4. The molecule has 2 atom stereocenters. The number of carbonyl (C=O) groups is 1. The zero-order chi connectivity index (χ0) is 15.2. The molecule has 0 aromatic carbocycles. The zero-order valence-corrected chi connectivity index (χ0v) is 11.9. The summed E-state index contributed by atoms with van der Waals surface area (Å²) in [6, 6.07) is 0. The van der Waals surface area contributed by atoms with Gasteiger partial charge in [-0.3, -0.25) is 9.89 Å². The van der Waals surface area contributed by atoms with Crippen LogP contribution < -0.4 is 0 Å². The van der Waals surface area contributed by atoms with Gasteiger partial charge in [0.2, 0.25) is 0 Å². The van der Waals surface area contributed by atoms with Gasteiger partial charge in [-0.25, -0.2) is 0 Å². The van der Waals surface area contributed by atoms with E-state index in [1.54, 1.807) is 0 Å². The van der Waals surface area contributed by atoms with Crippen LogP contribution in [0.2, 0.25) is 0 Å². The Morgan fingerprint density at radius 2 is 2.24 bits per heavy atom. The van der Waals surface area contributed by atoms with Crippen LogP contribution in [-0.2, 0) is 15.9 Å². The molecule has 21 heavy (non-hydrogen) atoms. The molecule has 0 spiro atoms. The molecule has 1 fully saturated rings. The zero-order valence-electron chi connectivity index (χ0n) is 11.9. The first-order chi connectivity index (χ1) is 9.87. The molecular weight excluding hydrogens is 284 g/mol. The molecule has 116 valence electrons. The SMILES string of the molecule is C[C@@H]1Cc2c(C(=O)N3CCOC(F)(F)C3)n[nH]c2[C@H](C)O1. The van der Waals surface area contributed by atoms with Crippen molar-refractivity contribution >= 4 is 5.91 Å². The third-order valence-corrected chi connectivity index (χ3v) is 3.77. The molecule has 1 aromatic rings. The number of ether oxygens (including phenoxy) is 2. The number of amides is 1. The summed E-state index contributed by atoms with van der Waals surface area (Å²) in [5.74, 6) is -0.489. The van der Waals surface area contributed by atoms with Crippen LogP contribution in [0.15, 0.2) is 0 Å². The third kappa shape index (κ3) is 2.65. The standard InChI is InChI=1S/C13H17F2N3O3/c1-7-5-9-10(8(2)21-7)16-17-11(9)12(19)18-3-4-20-13(14,15)6-18/h7-8H,3-6H2,1-2H3,(H,16,17)/t7-,8+/m1/s1. The predicted octanol–water partition coefficient (Wildman–Crippen LogP) is 1.50. The highest BCUT2D eigenvalue weighted by Crippen LogP contribution is 2.31. The molecule has 8 heteroatoms. The Hall–Kier alpha value is -1.54. The fourth-order valence-electron chi connectivity index (χ4n) is 2.83. The Bertz CT molecular complexity index is 561. The topological polar surface area (TPSA) is 67.5 Å². The van der Waals surface area contributed by atoms with Crippen LogP contribution in [0.1, 0.15) is 41.7 Å². The number of nitrogens with one attached hydrogen (secondary N) is 1. The van der Waals surface area contributed by atoms with E-state index in [4.69, 9.17) is 4.74 Å². The first-order valence-corrected chi connectivity index (χ1v) is 6.91. The Morgan fingerprint density at radius 3 is 2.95 bits per heavy atom. The van der Waals surface area contributed by atoms with Crippen molar-refractivity contribution in [2.75, 3.05) is 19.7 Å². The highest BCUT2D eigenvalue weighted by Gasteiger charge is 2.40. The predicted molar refractivity (Wildman–Crippen MR) is 68.1 cm³/mol. The van der Waals surface area contributed by atoms with Crippen molar-refractivity contribution in [2.45, 2.75) is 38.6 Å². The molecule has 3 heterocycles. The van der Waals surface area contributed by atoms with Crippen LogP contribution in [0, 0.1) is 0 Å². The fraction of sp³-hybridized carbons (Fsp3) is 0.692. The van der Waals surface area contributed by atoms with Crippen molar-refractivity contribution in [1.82, 2.24) is 15.1 Å². The molecule has 3 rings (SSSR count). The van der Waals surface area contributed by atoms with E-state index in [0.717, 1.165) is 16.2 Å². The third-order valence-electron chi connectivity index (χ3n) is 3.77. The molecule has 1 N–H and O–H groups in total. The van der Waals surface area contributed by atoms with E-state index in [-0.39, 0.29) is 31.1 Å². The second kappa shape index (κ2) is 5.03. The van der Waals surface area contributed by atoms with Crippen LogP contribution in [-0.4, -0.2) is 52.9 Å². The molecule has 0 unspecified atom stereocenters. The lowest BCUT2D eigenvalue weighted by Gasteiger charge is -2.32. The van der Waals surface area contributed by atoms with Crippen molar-refractivity contribution in [3.63, 3.8) is 0 Å². The maximum Gasteiger partial charge on any atom is 0.373 e. The molecule has 2 aliphatic heterocycles. The second-order valence-electron chi connectivity index (χ2n) is 5.47. The van der Waals surface area contributed by atoms with Crippen molar-refractivity contribution < 1.29 is 23.0 Å². The van der Waals surface area contributed by atoms with E-state index in [2.05, 4.69) is 14.9 Å². The van der Waals surface area contributed by atoms with Gasteiger partial charge in [0.15, 0.2) is 5.69 Å². The normalized spacial score (nSPS) is 28.3. The van der Waals surface area contributed by atoms with Crippen LogP contribution in [0.5, 0.6) is 0 Å². The Balaban J connectivity index is 1.86. The van der Waals surface area contributed by atoms with Crippen LogP contribution in [0.4, 0.5) is 8.78 Å². The average Bonchev–Trinajstić information content (AvgIpc) is 2.80. The van der Waals surface area contributed by atoms with Gasteiger partial charge < -0.3 is 14.4 Å². The number of halogens is 2. The number of hydrogen-bond donors (Lipinski definition) is 1. The number of morpholine rings is 1. The number of rotatable bonds is 1. The first-order valence-electron chi connectivity index (χ1n) is 6.91. The Morgan fingerprint density at radius 1 is 1.48 bits per heavy atom. The van der Waals surface area contributed by atoms with Gasteiger partial charge in [0.1, 0.15) is 6.54 Å². The summed E-state index contributed by atoms with van der Waals surface area (Å²) < 4.78 is 36.5. The van der Waals surface area contributed by atoms with E-state index >= 15 is 0 Å². The second-order valence-corrected chi connectivity index (χ2v) is 5.47. The van der Waals surface area contributed by atoms with E-state index in [0.29, 0.717) is 6.42 Å². The van der Waals surface area contributed by atoms with Gasteiger partial charge in [0, 0.05) is 18.5 Å². The van der Waals surface area contributed by atoms with Gasteiger partial charge in [-0.05, 0) is 13.8 Å². The highest BCUT2D eigenvalue weighted by molar-refractivity contribution is 5.94. The molecule has 6 nitrogen and oxygen atoms in total. The molecule has 1 aromatic heterocycles. The van der Waals surface area contributed by atoms with Crippen molar-refractivity contribution in [3.05, 3.63) is 17.0 Å². The molecule has 1 amide bonds. The van der Waals surface area contributed by atoms with E-state index in [1.807, 2.05) is 13.8 Å². The minimum Gasteiger partial charge on any atom is -0.369 e. The van der Waals surface area contributed by atoms with Gasteiger partial charge >= 0.3 is 6.11 Å². The van der Waals surface area contributed by atoms with Gasteiger partial charge in [-0.2, -0.15) is 13.9 Å². The van der Waals surface area contributed by atoms with Crippen molar-refractivity contribution in [3.8, 4) is 0 Å². The maximum atomic E-state index is 13.3. The van der Waals surface area contributed by atoms with Crippen molar-refractivity contribution in [2.24, 2.45) is 0 Å². The quantitative estimate of drug-likeness (QED) is 0.853. The van der Waals surface area contributed by atoms with E-state index < -0.39 is 18.6 Å². The minimum atomic E-state index is -3.30. The number of fused-ring (bicyclic) bond motifs is 1. The summed E-state index contributed by atoms with van der Waals surface area (Å²) in [6.07, 6.45) is -2.99. The largest absolute Gasteiger partial charge is 0.373 e. The number of nitrogens with zero attached hydrogens (tertiary/aromatic N) is 2. The maximum absolute atomic E-state index is 13.3. The lowest BCUT2D eigenvalue weighted by Crippen LogP contribution is -2.49. The van der Waals surface area contributed by atoms with Crippen LogP contribution >= 0.6 is 0 Å². The molecule has 0 aliphatic carbocycles. The summed E-state index contributed by atoms with van der Waals surface area (Å²) in [5, 5.41) is 6.82. The van der Waals surface area contributed by atoms with Crippen LogP contribution in [0.25, 0.3) is 0 Å². The van der Waals surface area contributed by atoms with E-state index in [1.165, 1.54) is 0 Å². The summed E-state index contributed by atoms with van der Waals surface area (Å²) in [4.78, 5) is 13.5. The molecule has 2 aliphatic rings. The Kier molecular flexibility index (Phi) is 3.45. The summed E-state index contributed by atoms with van der Waals surface area (Å²) in [7, 11) is 0. The molecule has 0 saturated carbocycles. The van der Waals surface area contributed by atoms with Crippen molar-refractivity contribution in [1.29, 1.82) is 0 Å². The average molecular weight is 301 g/mol. The van der Waals surface area contributed by atoms with Gasteiger partial charge in [-0.1, -0.05) is 0 Å². The number of H-pyrrole nitrogens is 1. The van der Waals surface area contributed by atoms with Gasteiger partial charge in [0.05, 0.1) is 24.5 Å². The molecule has 0 radical (unpaired) electrons. The Labute approximate surface area is 120 Å². The van der Waals surface area contributed by atoms with Gasteiger partial charge in [0.25, 0.3) is 5.91 Å². The molecule has 1 saturated heterocycles. The summed E-state index contributed by atoms with van der Waals surface area (Å²) in [5.41, 5.74) is 1.72. The number of carbonyl (C=O) groups excluding carboxylic acids is 1. The van der Waals surface area contributed by atoms with Gasteiger partial charge in [-0.15, -0.1) is 0 Å². The number of alkyl halides is 2. The first kappa shape index (κ1) is 14.4.